The Morgan fingerprint density at radius 2 is 0.833 bits per heavy atom. The molecule has 0 aliphatic carbocycles. The second-order valence-electron chi connectivity index (χ2n) is 11.2. The third-order valence-corrected chi connectivity index (χ3v) is 8.32. The topological polar surface area (TPSA) is 25.8 Å². The Balaban J connectivity index is 1.55. The lowest BCUT2D eigenvalue weighted by Crippen LogP contribution is -1.97. The van der Waals surface area contributed by atoms with E-state index in [0.717, 1.165) is 55.4 Å². The third kappa shape index (κ3) is 4.03. The van der Waals surface area contributed by atoms with E-state index in [1.54, 1.807) is 0 Å². The highest BCUT2D eigenvalue weighted by Gasteiger charge is 2.19. The Labute approximate surface area is 244 Å². The van der Waals surface area contributed by atoms with Crippen LogP contribution in [0.1, 0.15) is 11.1 Å². The maximum atomic E-state index is 5.38. The molecule has 0 amide bonds. The molecule has 0 fully saturated rings. The summed E-state index contributed by atoms with van der Waals surface area (Å²) < 4.78 is 0. The van der Waals surface area contributed by atoms with E-state index in [2.05, 4.69) is 147 Å². The van der Waals surface area contributed by atoms with E-state index >= 15 is 0 Å². The number of pyridine rings is 2. The molecule has 0 N–H and O–H groups in total. The second-order valence-corrected chi connectivity index (χ2v) is 11.2. The first kappa shape index (κ1) is 24.5. The normalized spacial score (nSPS) is 11.6. The molecule has 8 aromatic rings. The van der Waals surface area contributed by atoms with Gasteiger partial charge >= 0.3 is 0 Å². The van der Waals surface area contributed by atoms with Gasteiger partial charge in [0.15, 0.2) is 0 Å². The lowest BCUT2D eigenvalue weighted by molar-refractivity contribution is 1.35. The lowest BCUT2D eigenvalue weighted by atomic mass is 9.90. The average molecular weight is 537 g/mol. The Bertz CT molecular complexity index is 2160. The Morgan fingerprint density at radius 1 is 0.381 bits per heavy atom. The van der Waals surface area contributed by atoms with E-state index in [1.807, 2.05) is 0 Å². The minimum Gasteiger partial charge on any atom is -0.247 e. The maximum absolute atomic E-state index is 5.38. The van der Waals surface area contributed by atoms with Crippen LogP contribution in [0.2, 0.25) is 0 Å². The first-order valence-corrected chi connectivity index (χ1v) is 14.4. The molecule has 0 spiro atoms. The molecule has 0 aliphatic heterocycles. The number of hydrogen-bond donors (Lipinski definition) is 0. The summed E-state index contributed by atoms with van der Waals surface area (Å²) in [6, 6.07) is 47.8. The summed E-state index contributed by atoms with van der Waals surface area (Å²) in [6.07, 6.45) is 0. The lowest BCUT2D eigenvalue weighted by Gasteiger charge is -2.18. The monoisotopic (exact) mass is 536 g/mol. The number of nitrogens with zero attached hydrogens (tertiary/aromatic N) is 2. The molecule has 0 atom stereocenters. The van der Waals surface area contributed by atoms with Gasteiger partial charge in [0.1, 0.15) is 0 Å². The summed E-state index contributed by atoms with van der Waals surface area (Å²) in [5.41, 5.74) is 10.7. The van der Waals surface area contributed by atoms with Crippen molar-refractivity contribution in [3.63, 3.8) is 0 Å². The summed E-state index contributed by atoms with van der Waals surface area (Å²) in [5, 5.41) is 7.12. The van der Waals surface area contributed by atoms with Gasteiger partial charge < -0.3 is 0 Å². The summed E-state index contributed by atoms with van der Waals surface area (Å²) in [4.78, 5) is 10.8. The molecular formula is C40H28N2. The Kier molecular flexibility index (Phi) is 5.61. The smallest absolute Gasteiger partial charge is 0.0788 e. The zero-order chi connectivity index (χ0) is 28.2. The zero-order valence-electron chi connectivity index (χ0n) is 23.6. The average Bonchev–Trinajstić information content (AvgIpc) is 3.03. The summed E-state index contributed by atoms with van der Waals surface area (Å²) in [5.74, 6) is 0. The molecule has 2 nitrogen and oxygen atoms in total. The van der Waals surface area contributed by atoms with E-state index in [-0.39, 0.29) is 0 Å². The van der Waals surface area contributed by atoms with Crippen molar-refractivity contribution in [3.8, 4) is 33.6 Å². The summed E-state index contributed by atoms with van der Waals surface area (Å²) in [7, 11) is 0. The van der Waals surface area contributed by atoms with Crippen molar-refractivity contribution in [2.24, 2.45) is 0 Å². The molecule has 8 rings (SSSR count). The van der Waals surface area contributed by atoms with Gasteiger partial charge in [-0.3, -0.25) is 0 Å². The van der Waals surface area contributed by atoms with Gasteiger partial charge in [0.05, 0.1) is 22.4 Å². The molecule has 2 heterocycles. The molecule has 0 aliphatic rings. The molecule has 0 bridgehead atoms. The van der Waals surface area contributed by atoms with Crippen LogP contribution in [0.15, 0.2) is 133 Å². The fraction of sp³-hybridized carbons (Fsp3) is 0.0500. The predicted molar refractivity (Wildman–Crippen MR) is 178 cm³/mol. The number of benzene rings is 6. The van der Waals surface area contributed by atoms with Gasteiger partial charge in [0, 0.05) is 33.0 Å². The highest BCUT2D eigenvalue weighted by Crippen LogP contribution is 2.42. The van der Waals surface area contributed by atoms with Crippen LogP contribution >= 0.6 is 0 Å². The number of aryl methyl sites for hydroxylation is 2. The number of hydrogen-bond acceptors (Lipinski definition) is 2. The van der Waals surface area contributed by atoms with Crippen molar-refractivity contribution >= 4 is 43.4 Å². The molecule has 2 heteroatoms. The van der Waals surface area contributed by atoms with Crippen LogP contribution in [0.3, 0.4) is 0 Å². The SMILES string of the molecule is Cc1cccc(-c2nc3ccc4ccccc4c3cc2-c2cc3c(ccc4ccccc43)nc2-c2cccc(C)c2)c1. The number of rotatable bonds is 3. The molecule has 0 saturated carbocycles. The fourth-order valence-electron chi connectivity index (χ4n) is 6.29. The molecule has 0 unspecified atom stereocenters. The van der Waals surface area contributed by atoms with E-state index in [0.29, 0.717) is 0 Å². The molecule has 42 heavy (non-hydrogen) atoms. The molecule has 2 aromatic heterocycles. The predicted octanol–water partition coefficient (Wildman–Crippen LogP) is 10.7. The van der Waals surface area contributed by atoms with Crippen LogP contribution in [0.25, 0.3) is 77.0 Å². The van der Waals surface area contributed by atoms with E-state index in [4.69, 9.17) is 9.97 Å². The van der Waals surface area contributed by atoms with E-state index in [9.17, 15) is 0 Å². The largest absolute Gasteiger partial charge is 0.247 e. The van der Waals surface area contributed by atoms with Crippen molar-refractivity contribution in [2.45, 2.75) is 13.8 Å². The van der Waals surface area contributed by atoms with Gasteiger partial charge in [-0.05, 0) is 71.8 Å². The van der Waals surface area contributed by atoms with Crippen molar-refractivity contribution in [1.29, 1.82) is 0 Å². The van der Waals surface area contributed by atoms with Crippen molar-refractivity contribution in [3.05, 3.63) is 145 Å². The summed E-state index contributed by atoms with van der Waals surface area (Å²) >= 11 is 0. The van der Waals surface area contributed by atoms with Gasteiger partial charge in [-0.15, -0.1) is 0 Å². The molecule has 0 radical (unpaired) electrons. The molecule has 198 valence electrons. The van der Waals surface area contributed by atoms with Crippen LogP contribution in [0, 0.1) is 13.8 Å². The van der Waals surface area contributed by atoms with E-state index in [1.165, 1.54) is 32.7 Å². The van der Waals surface area contributed by atoms with Crippen molar-refractivity contribution in [1.82, 2.24) is 9.97 Å². The maximum Gasteiger partial charge on any atom is 0.0788 e. The van der Waals surface area contributed by atoms with Gasteiger partial charge in [-0.1, -0.05) is 108 Å². The van der Waals surface area contributed by atoms with Crippen LogP contribution in [-0.2, 0) is 0 Å². The minimum absolute atomic E-state index is 0.969. The number of aromatic nitrogens is 2. The third-order valence-electron chi connectivity index (χ3n) is 8.32. The van der Waals surface area contributed by atoms with Gasteiger partial charge in [0.25, 0.3) is 0 Å². The Morgan fingerprint density at radius 3 is 1.29 bits per heavy atom. The van der Waals surface area contributed by atoms with Crippen LogP contribution in [0.5, 0.6) is 0 Å². The molecule has 6 aromatic carbocycles. The van der Waals surface area contributed by atoms with Crippen LogP contribution in [-0.4, -0.2) is 9.97 Å². The number of fused-ring (bicyclic) bond motifs is 6. The fourth-order valence-corrected chi connectivity index (χ4v) is 6.29. The highest BCUT2D eigenvalue weighted by atomic mass is 14.7. The van der Waals surface area contributed by atoms with E-state index < -0.39 is 0 Å². The van der Waals surface area contributed by atoms with Gasteiger partial charge in [0.2, 0.25) is 0 Å². The van der Waals surface area contributed by atoms with Gasteiger partial charge in [-0.25, -0.2) is 9.97 Å². The summed E-state index contributed by atoms with van der Waals surface area (Å²) in [6.45, 7) is 4.28. The second kappa shape index (κ2) is 9.64. The highest BCUT2D eigenvalue weighted by molar-refractivity contribution is 6.12. The molecule has 0 saturated heterocycles. The van der Waals surface area contributed by atoms with Crippen LogP contribution < -0.4 is 0 Å². The first-order valence-electron chi connectivity index (χ1n) is 14.4. The standard InChI is InChI=1S/C40H28N2/c1-25-9-7-13-29(21-25)39-35(23-33-31-15-5-3-11-27(31)17-19-37(33)41-39)36-24-34-32-16-6-4-12-28(32)18-20-38(34)42-40(36)30-14-8-10-26(2)22-30/h3-24H,1-2H3. The first-order chi connectivity index (χ1) is 20.6. The Hall–Kier alpha value is -5.34. The quantitative estimate of drug-likeness (QED) is 0.210. The van der Waals surface area contributed by atoms with Gasteiger partial charge in [-0.2, -0.15) is 0 Å². The van der Waals surface area contributed by atoms with Crippen molar-refractivity contribution in [2.75, 3.05) is 0 Å². The van der Waals surface area contributed by atoms with Crippen LogP contribution in [0.4, 0.5) is 0 Å². The molecular weight excluding hydrogens is 508 g/mol. The minimum atomic E-state index is 0.969. The van der Waals surface area contributed by atoms with Crippen molar-refractivity contribution < 1.29 is 0 Å². The zero-order valence-corrected chi connectivity index (χ0v) is 23.6.